The molecule has 0 saturated heterocycles. The second-order valence-electron chi connectivity index (χ2n) is 6.00. The third-order valence-corrected chi connectivity index (χ3v) is 4.40. The molecule has 0 aromatic heterocycles. The van der Waals surface area contributed by atoms with Crippen molar-refractivity contribution in [2.75, 3.05) is 11.9 Å². The highest BCUT2D eigenvalue weighted by Crippen LogP contribution is 2.23. The molecule has 4 nitrogen and oxygen atoms in total. The largest absolute Gasteiger partial charge is 0.484 e. The van der Waals surface area contributed by atoms with Crippen LogP contribution in [0.2, 0.25) is 0 Å². The summed E-state index contributed by atoms with van der Waals surface area (Å²) in [6.07, 6.45) is 0. The lowest BCUT2D eigenvalue weighted by molar-refractivity contribution is -0.121. The molecule has 132 valence electrons. The Morgan fingerprint density at radius 1 is 1.20 bits per heavy atom. The van der Waals surface area contributed by atoms with Crippen LogP contribution in [-0.4, -0.2) is 17.6 Å². The summed E-state index contributed by atoms with van der Waals surface area (Å²) in [5, 5.41) is 5.82. The van der Waals surface area contributed by atoms with Gasteiger partial charge in [-0.25, -0.2) is 0 Å². The first-order valence-electron chi connectivity index (χ1n) is 7.95. The minimum absolute atomic E-state index is 0.0993. The van der Waals surface area contributed by atoms with Crippen LogP contribution in [-0.2, 0) is 4.79 Å². The predicted octanol–water partition coefficient (Wildman–Crippen LogP) is 4.77. The molecule has 1 amide bonds. The first-order chi connectivity index (χ1) is 11.8. The quantitative estimate of drug-likeness (QED) is 0.683. The number of benzene rings is 2. The van der Waals surface area contributed by atoms with Crippen LogP contribution in [0.1, 0.15) is 30.9 Å². The fraction of sp³-hybridized carbons (Fsp3) is 0.263. The van der Waals surface area contributed by atoms with E-state index in [1.54, 1.807) is 0 Å². The van der Waals surface area contributed by atoms with Gasteiger partial charge in [0.1, 0.15) is 5.75 Å². The van der Waals surface area contributed by atoms with Gasteiger partial charge >= 0.3 is 0 Å². The Morgan fingerprint density at radius 3 is 2.48 bits per heavy atom. The average Bonchev–Trinajstić information content (AvgIpc) is 2.56. The topological polar surface area (TPSA) is 50.4 Å². The minimum atomic E-state index is -0.311. The van der Waals surface area contributed by atoms with Gasteiger partial charge < -0.3 is 10.1 Å². The van der Waals surface area contributed by atoms with Crippen LogP contribution in [0.4, 0.5) is 5.69 Å². The number of ether oxygens (including phenoxy) is 1. The van der Waals surface area contributed by atoms with E-state index in [-0.39, 0.29) is 17.6 Å². The summed E-state index contributed by atoms with van der Waals surface area (Å²) in [4.78, 5) is 12.0. The molecule has 6 heteroatoms. The fourth-order valence-electron chi connectivity index (χ4n) is 2.14. The number of amides is 1. The molecule has 0 aliphatic carbocycles. The summed E-state index contributed by atoms with van der Waals surface area (Å²) in [5.74, 6) is 0.801. The van der Waals surface area contributed by atoms with Crippen LogP contribution in [0.3, 0.4) is 0 Å². The molecular formula is C19H21BrN2O2S. The lowest BCUT2D eigenvalue weighted by Gasteiger charge is -2.12. The van der Waals surface area contributed by atoms with Gasteiger partial charge in [0, 0.05) is 4.47 Å². The molecular weight excluding hydrogens is 400 g/mol. The highest BCUT2D eigenvalue weighted by Gasteiger charge is 2.08. The standard InChI is InChI=1S/C19H21BrN2O2S/c1-12(2)14-5-7-15(8-6-14)24-11-18(23)22-19(25)21-17-9-4-13(3)10-16(17)20/h4-10,12H,11H2,1-3H3,(H2,21,22,23,25). The summed E-state index contributed by atoms with van der Waals surface area (Å²) in [5.41, 5.74) is 3.15. The number of carbonyl (C=O) groups is 1. The van der Waals surface area contributed by atoms with Crippen molar-refractivity contribution in [1.82, 2.24) is 5.32 Å². The van der Waals surface area contributed by atoms with Crippen LogP contribution < -0.4 is 15.4 Å². The number of hydrogen-bond acceptors (Lipinski definition) is 3. The van der Waals surface area contributed by atoms with Crippen molar-refractivity contribution < 1.29 is 9.53 Å². The zero-order valence-electron chi connectivity index (χ0n) is 14.4. The zero-order valence-corrected chi connectivity index (χ0v) is 16.8. The number of hydrogen-bond donors (Lipinski definition) is 2. The molecule has 0 fully saturated rings. The molecule has 0 unspecified atom stereocenters. The van der Waals surface area contributed by atoms with E-state index < -0.39 is 0 Å². The molecule has 0 spiro atoms. The van der Waals surface area contributed by atoms with Crippen LogP contribution in [0, 0.1) is 6.92 Å². The van der Waals surface area contributed by atoms with Gasteiger partial charge in [-0.3, -0.25) is 10.1 Å². The number of rotatable bonds is 5. The smallest absolute Gasteiger partial charge is 0.264 e. The van der Waals surface area contributed by atoms with E-state index in [0.717, 1.165) is 15.7 Å². The van der Waals surface area contributed by atoms with Gasteiger partial charge in [-0.2, -0.15) is 0 Å². The van der Waals surface area contributed by atoms with Crippen molar-refractivity contribution in [3.63, 3.8) is 0 Å². The van der Waals surface area contributed by atoms with E-state index in [1.165, 1.54) is 5.56 Å². The number of aryl methyl sites for hydroxylation is 1. The number of thiocarbonyl (C=S) groups is 1. The molecule has 25 heavy (non-hydrogen) atoms. The molecule has 0 aliphatic rings. The predicted molar refractivity (Wildman–Crippen MR) is 109 cm³/mol. The Labute approximate surface area is 162 Å². The molecule has 0 atom stereocenters. The summed E-state index contributed by atoms with van der Waals surface area (Å²) >= 11 is 8.62. The Balaban J connectivity index is 1.82. The normalized spacial score (nSPS) is 10.4. The zero-order chi connectivity index (χ0) is 18.4. The van der Waals surface area contributed by atoms with E-state index in [0.29, 0.717) is 11.7 Å². The van der Waals surface area contributed by atoms with E-state index >= 15 is 0 Å². The molecule has 2 aromatic rings. The van der Waals surface area contributed by atoms with Gasteiger partial charge in [0.15, 0.2) is 11.7 Å². The highest BCUT2D eigenvalue weighted by molar-refractivity contribution is 9.10. The van der Waals surface area contributed by atoms with Crippen LogP contribution in [0.25, 0.3) is 0 Å². The Kier molecular flexibility index (Phi) is 6.96. The Hall–Kier alpha value is -1.92. The molecule has 2 rings (SSSR count). The summed E-state index contributed by atoms with van der Waals surface area (Å²) < 4.78 is 6.36. The van der Waals surface area contributed by atoms with Gasteiger partial charge in [-0.15, -0.1) is 0 Å². The van der Waals surface area contributed by atoms with Crippen LogP contribution in [0.5, 0.6) is 5.75 Å². The van der Waals surface area contributed by atoms with Gasteiger partial charge in [-0.05, 0) is 76.4 Å². The van der Waals surface area contributed by atoms with Crippen molar-refractivity contribution >= 4 is 44.9 Å². The van der Waals surface area contributed by atoms with E-state index in [1.807, 2.05) is 49.4 Å². The number of anilines is 1. The van der Waals surface area contributed by atoms with Gasteiger partial charge in [-0.1, -0.05) is 32.0 Å². The molecule has 2 N–H and O–H groups in total. The van der Waals surface area contributed by atoms with Crippen molar-refractivity contribution in [3.8, 4) is 5.75 Å². The molecule has 0 bridgehead atoms. The number of nitrogens with one attached hydrogen (secondary N) is 2. The monoisotopic (exact) mass is 420 g/mol. The van der Waals surface area contributed by atoms with E-state index in [2.05, 4.69) is 40.4 Å². The Morgan fingerprint density at radius 2 is 1.88 bits per heavy atom. The van der Waals surface area contributed by atoms with Crippen LogP contribution in [0.15, 0.2) is 46.9 Å². The SMILES string of the molecule is Cc1ccc(NC(=S)NC(=O)COc2ccc(C(C)C)cc2)c(Br)c1. The minimum Gasteiger partial charge on any atom is -0.484 e. The summed E-state index contributed by atoms with van der Waals surface area (Å²) in [7, 11) is 0. The molecule has 2 aromatic carbocycles. The lowest BCUT2D eigenvalue weighted by atomic mass is 10.0. The maximum absolute atomic E-state index is 12.0. The van der Waals surface area contributed by atoms with Crippen LogP contribution >= 0.6 is 28.1 Å². The highest BCUT2D eigenvalue weighted by atomic mass is 79.9. The molecule has 0 saturated carbocycles. The van der Waals surface area contributed by atoms with E-state index in [9.17, 15) is 4.79 Å². The van der Waals surface area contributed by atoms with E-state index in [4.69, 9.17) is 17.0 Å². The first kappa shape index (κ1) is 19.4. The van der Waals surface area contributed by atoms with Gasteiger partial charge in [0.2, 0.25) is 0 Å². The van der Waals surface area contributed by atoms with Crippen molar-refractivity contribution in [2.45, 2.75) is 26.7 Å². The van der Waals surface area contributed by atoms with Gasteiger partial charge in [0.05, 0.1) is 5.69 Å². The average molecular weight is 421 g/mol. The fourth-order valence-corrected chi connectivity index (χ4v) is 2.95. The third kappa shape index (κ3) is 6.14. The second kappa shape index (κ2) is 8.97. The molecule has 0 radical (unpaired) electrons. The maximum Gasteiger partial charge on any atom is 0.264 e. The lowest BCUT2D eigenvalue weighted by Crippen LogP contribution is -2.37. The second-order valence-corrected chi connectivity index (χ2v) is 7.26. The molecule has 0 aliphatic heterocycles. The number of carbonyl (C=O) groups excluding carboxylic acids is 1. The summed E-state index contributed by atoms with van der Waals surface area (Å²) in [6.45, 7) is 6.16. The van der Waals surface area contributed by atoms with Crippen molar-refractivity contribution in [2.24, 2.45) is 0 Å². The summed E-state index contributed by atoms with van der Waals surface area (Å²) in [6, 6.07) is 13.5. The van der Waals surface area contributed by atoms with Crippen molar-refractivity contribution in [1.29, 1.82) is 0 Å². The van der Waals surface area contributed by atoms with Gasteiger partial charge in [0.25, 0.3) is 5.91 Å². The molecule has 0 heterocycles. The Bertz CT molecular complexity index is 761. The third-order valence-electron chi connectivity index (χ3n) is 3.54. The number of halogens is 1. The van der Waals surface area contributed by atoms with Crippen molar-refractivity contribution in [3.05, 3.63) is 58.1 Å². The first-order valence-corrected chi connectivity index (χ1v) is 9.15. The maximum atomic E-state index is 12.0.